The second kappa shape index (κ2) is 22.2. The van der Waals surface area contributed by atoms with E-state index >= 15 is 0 Å². The van der Waals surface area contributed by atoms with E-state index in [-0.39, 0.29) is 19.0 Å². The average Bonchev–Trinajstić information content (AvgIpc) is 3.71. The monoisotopic (exact) mass is 676 g/mol. The zero-order valence-corrected chi connectivity index (χ0v) is 30.7. The van der Waals surface area contributed by atoms with Gasteiger partial charge in [0.1, 0.15) is 12.1 Å². The number of hydrogen-bond acceptors (Lipinski definition) is 6. The summed E-state index contributed by atoms with van der Waals surface area (Å²) < 4.78 is 0. The fourth-order valence-electron chi connectivity index (χ4n) is 5.85. The summed E-state index contributed by atoms with van der Waals surface area (Å²) >= 11 is 0. The van der Waals surface area contributed by atoms with Gasteiger partial charge in [-0.2, -0.15) is 0 Å². The number of nitrogens with zero attached hydrogens (tertiary/aromatic N) is 1. The number of Topliss-reactive ketones (excluding diaryl/α,β-unsaturated/α-hetero) is 1. The first-order chi connectivity index (χ1) is 22.7. The van der Waals surface area contributed by atoms with Gasteiger partial charge in [0.25, 0.3) is 5.91 Å². The summed E-state index contributed by atoms with van der Waals surface area (Å²) in [6, 6.07) is -3.00. The van der Waals surface area contributed by atoms with Gasteiger partial charge in [0.05, 0.1) is 12.6 Å². The largest absolute Gasteiger partial charge is 0.346 e. The summed E-state index contributed by atoms with van der Waals surface area (Å²) in [5, 5.41) is 13.4. The second-order valence-corrected chi connectivity index (χ2v) is 14.2. The maximum absolute atomic E-state index is 13.3. The summed E-state index contributed by atoms with van der Waals surface area (Å²) in [7, 11) is 0. The van der Waals surface area contributed by atoms with Gasteiger partial charge >= 0.3 is 6.03 Å². The molecule has 0 aromatic heterocycles. The van der Waals surface area contributed by atoms with E-state index in [1.165, 1.54) is 17.4 Å². The van der Waals surface area contributed by atoms with E-state index in [2.05, 4.69) is 67.8 Å². The smallest absolute Gasteiger partial charge is 0.315 e. The number of rotatable bonds is 14. The first kappa shape index (κ1) is 42.6. The number of carbonyl (C=O) groups is 6. The van der Waals surface area contributed by atoms with Crippen molar-refractivity contribution in [2.24, 2.45) is 17.3 Å². The minimum Gasteiger partial charge on any atom is -0.346 e. The van der Waals surface area contributed by atoms with Crippen molar-refractivity contribution < 1.29 is 28.8 Å². The molecule has 3 unspecified atom stereocenters. The summed E-state index contributed by atoms with van der Waals surface area (Å²) in [6.07, 6.45) is 10.5. The number of ketones is 1. The van der Waals surface area contributed by atoms with Crippen molar-refractivity contribution in [2.45, 2.75) is 137 Å². The van der Waals surface area contributed by atoms with Crippen molar-refractivity contribution in [3.63, 3.8) is 0 Å². The third-order valence-corrected chi connectivity index (χ3v) is 8.39. The fourth-order valence-corrected chi connectivity index (χ4v) is 5.85. The number of hydrogen-bond donors (Lipinski definition) is 5. The maximum atomic E-state index is 13.3. The molecule has 0 bridgehead atoms. The molecule has 0 aromatic carbocycles. The minimum absolute atomic E-state index is 0.143. The highest BCUT2D eigenvalue weighted by Gasteiger charge is 2.42. The van der Waals surface area contributed by atoms with Crippen LogP contribution in [0.5, 0.6) is 0 Å². The standard InChI is InChI=1S/C29H46N6O6.C4H10.C3H8/c1-4-15-31-26(39)23(37)20(17-19-11-12-19)33-25(38)21-10-9-16-35(21)22(36)18-32-27(40)24(34-28(41)30-5-2)29(3)13-7-6-8-14-29;1-4(2)3;1-3-2/h4,19-21,24H,1,5-18H2,2-3H3,(H,31,39)(H,32,40)(H,33,38)(H2,30,34,41);4H,1-3H3;3H2,1-2H3. The Morgan fingerprint density at radius 1 is 0.875 bits per heavy atom. The molecule has 3 rings (SSSR count). The molecule has 3 aliphatic rings. The lowest BCUT2D eigenvalue weighted by atomic mass is 9.70. The van der Waals surface area contributed by atoms with Crippen molar-refractivity contribution in [3.8, 4) is 0 Å². The van der Waals surface area contributed by atoms with Gasteiger partial charge in [-0.1, -0.05) is 86.1 Å². The lowest BCUT2D eigenvalue weighted by Crippen LogP contribution is -2.59. The van der Waals surface area contributed by atoms with E-state index in [0.29, 0.717) is 32.4 Å². The number of carbonyl (C=O) groups excluding carboxylic acids is 6. The molecule has 2 saturated carbocycles. The van der Waals surface area contributed by atoms with Crippen LogP contribution in [0.25, 0.3) is 0 Å². The molecule has 6 amide bonds. The van der Waals surface area contributed by atoms with Crippen molar-refractivity contribution in [1.29, 1.82) is 0 Å². The maximum Gasteiger partial charge on any atom is 0.315 e. The highest BCUT2D eigenvalue weighted by Crippen LogP contribution is 2.39. The van der Waals surface area contributed by atoms with Gasteiger partial charge in [0.2, 0.25) is 23.5 Å². The molecule has 0 radical (unpaired) electrons. The molecule has 48 heavy (non-hydrogen) atoms. The molecule has 2 aliphatic carbocycles. The van der Waals surface area contributed by atoms with Gasteiger partial charge in [-0.25, -0.2) is 4.79 Å². The van der Waals surface area contributed by atoms with Gasteiger partial charge in [0.15, 0.2) is 0 Å². The van der Waals surface area contributed by atoms with Gasteiger partial charge in [0, 0.05) is 19.6 Å². The van der Waals surface area contributed by atoms with E-state index in [1.807, 2.05) is 6.92 Å². The Morgan fingerprint density at radius 3 is 2.02 bits per heavy atom. The first-order valence-electron chi connectivity index (χ1n) is 18.1. The van der Waals surface area contributed by atoms with Crippen molar-refractivity contribution in [2.75, 3.05) is 26.2 Å². The minimum atomic E-state index is -0.964. The third-order valence-electron chi connectivity index (χ3n) is 8.39. The molecule has 12 nitrogen and oxygen atoms in total. The molecule has 1 heterocycles. The number of amides is 6. The van der Waals surface area contributed by atoms with Crippen LogP contribution in [0.15, 0.2) is 12.7 Å². The average molecular weight is 677 g/mol. The molecule has 0 spiro atoms. The van der Waals surface area contributed by atoms with Crippen molar-refractivity contribution >= 4 is 35.4 Å². The number of likely N-dealkylation sites (tertiary alicyclic amines) is 1. The molecule has 274 valence electrons. The Morgan fingerprint density at radius 2 is 1.48 bits per heavy atom. The summed E-state index contributed by atoms with van der Waals surface area (Å²) in [5.41, 5.74) is -0.437. The molecule has 3 fully saturated rings. The van der Waals surface area contributed by atoms with Crippen LogP contribution in [-0.4, -0.2) is 84.6 Å². The Labute approximate surface area is 288 Å². The van der Waals surface area contributed by atoms with E-state index in [1.54, 1.807) is 6.92 Å². The van der Waals surface area contributed by atoms with Crippen LogP contribution in [0.1, 0.15) is 119 Å². The Bertz CT molecular complexity index is 1070. The fraction of sp³-hybridized carbons (Fsp3) is 0.778. The molecule has 0 aromatic rings. The molecule has 1 aliphatic heterocycles. The zero-order chi connectivity index (χ0) is 36.3. The van der Waals surface area contributed by atoms with Gasteiger partial charge < -0.3 is 31.5 Å². The summed E-state index contributed by atoms with van der Waals surface area (Å²) in [4.78, 5) is 78.5. The highest BCUT2D eigenvalue weighted by atomic mass is 16.2. The lowest BCUT2D eigenvalue weighted by molar-refractivity contribution is -0.142. The van der Waals surface area contributed by atoms with Gasteiger partial charge in [-0.3, -0.25) is 24.0 Å². The van der Waals surface area contributed by atoms with Crippen LogP contribution >= 0.6 is 0 Å². The molecular formula is C36H64N6O6. The first-order valence-corrected chi connectivity index (χ1v) is 18.1. The normalized spacial score (nSPS) is 19.2. The van der Waals surface area contributed by atoms with E-state index < -0.39 is 59.0 Å². The predicted octanol–water partition coefficient (Wildman–Crippen LogP) is 3.99. The van der Waals surface area contributed by atoms with Gasteiger partial charge in [-0.05, 0) is 56.3 Å². The highest BCUT2D eigenvalue weighted by molar-refractivity contribution is 6.38. The van der Waals surface area contributed by atoms with Crippen molar-refractivity contribution in [3.05, 3.63) is 12.7 Å². The van der Waals surface area contributed by atoms with E-state index in [4.69, 9.17) is 0 Å². The predicted molar refractivity (Wildman–Crippen MR) is 189 cm³/mol. The summed E-state index contributed by atoms with van der Waals surface area (Å²) in [5.74, 6) is -1.72. The van der Waals surface area contributed by atoms with Crippen LogP contribution in [-0.2, 0) is 24.0 Å². The third kappa shape index (κ3) is 15.2. The molecule has 12 heteroatoms. The molecule has 1 saturated heterocycles. The quantitative estimate of drug-likeness (QED) is 0.138. The number of nitrogens with one attached hydrogen (secondary N) is 5. The zero-order valence-electron chi connectivity index (χ0n) is 30.7. The van der Waals surface area contributed by atoms with Crippen molar-refractivity contribution in [1.82, 2.24) is 31.5 Å². The topological polar surface area (TPSA) is 166 Å². The van der Waals surface area contributed by atoms with Crippen LogP contribution in [0.3, 0.4) is 0 Å². The molecule has 3 atom stereocenters. The van der Waals surface area contributed by atoms with Gasteiger partial charge in [-0.15, -0.1) is 6.58 Å². The van der Waals surface area contributed by atoms with Crippen LogP contribution in [0.4, 0.5) is 4.79 Å². The summed E-state index contributed by atoms with van der Waals surface area (Å²) in [6.45, 7) is 18.6. The van der Waals surface area contributed by atoms with Crippen LogP contribution in [0.2, 0.25) is 0 Å². The second-order valence-electron chi connectivity index (χ2n) is 14.2. The lowest BCUT2D eigenvalue weighted by Gasteiger charge is -2.40. The van der Waals surface area contributed by atoms with Crippen LogP contribution < -0.4 is 26.6 Å². The molecular weight excluding hydrogens is 612 g/mol. The Hall–Kier alpha value is -3.44. The number of urea groups is 1. The Balaban J connectivity index is 0.00000150. The van der Waals surface area contributed by atoms with E-state index in [9.17, 15) is 28.8 Å². The molecule has 5 N–H and O–H groups in total. The Kier molecular flexibility index (Phi) is 19.7. The van der Waals surface area contributed by atoms with E-state index in [0.717, 1.165) is 50.9 Å². The SMILES string of the molecule is C=CCNC(=O)C(=O)C(CC1CC1)NC(=O)C1CCCN1C(=O)CNC(=O)C(NC(=O)NCC)C1(C)CCCCC1.CC(C)C.CCC. The van der Waals surface area contributed by atoms with Crippen LogP contribution in [0, 0.1) is 17.3 Å².